The van der Waals surface area contributed by atoms with Gasteiger partial charge in [0.15, 0.2) is 5.69 Å². The Kier molecular flexibility index (Phi) is 6.54. The lowest BCUT2D eigenvalue weighted by molar-refractivity contribution is -0.133. The Bertz CT molecular complexity index is 1030. The SMILES string of the molecule is CC(CNC(=O)c1cc2n(n1)CC(C)(C(=O)NC1CCCCC1)N(C)C2=O)c1ccccc1. The summed E-state index contributed by atoms with van der Waals surface area (Å²) in [6.07, 6.45) is 5.37. The number of amides is 3. The van der Waals surface area contributed by atoms with Crippen LogP contribution in [0.2, 0.25) is 0 Å². The molecule has 2 atom stereocenters. The first-order valence-electron chi connectivity index (χ1n) is 11.8. The molecule has 2 N–H and O–H groups in total. The van der Waals surface area contributed by atoms with Crippen molar-refractivity contribution in [3.05, 3.63) is 53.3 Å². The topological polar surface area (TPSA) is 96.3 Å². The van der Waals surface area contributed by atoms with Crippen molar-refractivity contribution >= 4 is 17.7 Å². The number of carbonyl (C=O) groups is 3. The highest BCUT2D eigenvalue weighted by atomic mass is 16.2. The van der Waals surface area contributed by atoms with Crippen molar-refractivity contribution in [2.24, 2.45) is 0 Å². The van der Waals surface area contributed by atoms with Gasteiger partial charge in [0.05, 0.1) is 6.54 Å². The standard InChI is InChI=1S/C25H33N5O3/c1-17(18-10-6-4-7-11-18)15-26-22(31)20-14-21-23(32)29(3)25(2,16-30(21)28-20)24(33)27-19-12-8-5-9-13-19/h4,6-7,10-11,14,17,19H,5,8-9,12-13,15-16H2,1-3H3,(H,26,31)(H,27,33). The summed E-state index contributed by atoms with van der Waals surface area (Å²) in [6.45, 7) is 4.47. The van der Waals surface area contributed by atoms with Crippen molar-refractivity contribution in [2.75, 3.05) is 13.6 Å². The summed E-state index contributed by atoms with van der Waals surface area (Å²) >= 11 is 0. The number of likely N-dealkylation sites (N-methyl/N-ethyl adjacent to an activating group) is 1. The van der Waals surface area contributed by atoms with Gasteiger partial charge in [-0.05, 0) is 31.2 Å². The van der Waals surface area contributed by atoms with Crippen LogP contribution in [0.4, 0.5) is 0 Å². The largest absolute Gasteiger partial charge is 0.351 e. The van der Waals surface area contributed by atoms with Gasteiger partial charge < -0.3 is 15.5 Å². The number of hydrogen-bond acceptors (Lipinski definition) is 4. The fourth-order valence-corrected chi connectivity index (χ4v) is 4.66. The van der Waals surface area contributed by atoms with Crippen LogP contribution >= 0.6 is 0 Å². The summed E-state index contributed by atoms with van der Waals surface area (Å²) in [6, 6.07) is 11.6. The maximum absolute atomic E-state index is 13.2. The summed E-state index contributed by atoms with van der Waals surface area (Å²) in [5.74, 6) is -0.670. The fourth-order valence-electron chi connectivity index (χ4n) is 4.66. The van der Waals surface area contributed by atoms with E-state index in [0.717, 1.165) is 31.2 Å². The van der Waals surface area contributed by atoms with Crippen LogP contribution in [-0.2, 0) is 11.3 Å². The summed E-state index contributed by atoms with van der Waals surface area (Å²) in [5, 5.41) is 10.4. The van der Waals surface area contributed by atoms with Crippen molar-refractivity contribution in [2.45, 2.75) is 70.0 Å². The molecule has 1 fully saturated rings. The van der Waals surface area contributed by atoms with Crippen LogP contribution in [0.15, 0.2) is 36.4 Å². The number of nitrogens with zero attached hydrogens (tertiary/aromatic N) is 3. The second-order valence-corrected chi connectivity index (χ2v) is 9.54. The number of nitrogens with one attached hydrogen (secondary N) is 2. The van der Waals surface area contributed by atoms with E-state index in [0.29, 0.717) is 12.2 Å². The Morgan fingerprint density at radius 3 is 2.58 bits per heavy atom. The van der Waals surface area contributed by atoms with Crippen molar-refractivity contribution in [3.8, 4) is 0 Å². The molecule has 176 valence electrons. The molecule has 2 heterocycles. The minimum Gasteiger partial charge on any atom is -0.351 e. The molecule has 8 heteroatoms. The number of rotatable bonds is 6. The van der Waals surface area contributed by atoms with Gasteiger partial charge in [0.2, 0.25) is 5.91 Å². The van der Waals surface area contributed by atoms with Crippen molar-refractivity contribution < 1.29 is 14.4 Å². The molecule has 3 amide bonds. The van der Waals surface area contributed by atoms with E-state index in [4.69, 9.17) is 0 Å². The maximum Gasteiger partial charge on any atom is 0.272 e. The molecule has 0 bridgehead atoms. The van der Waals surface area contributed by atoms with Crippen molar-refractivity contribution in [3.63, 3.8) is 0 Å². The van der Waals surface area contributed by atoms with E-state index in [2.05, 4.69) is 15.7 Å². The number of carbonyl (C=O) groups excluding carboxylic acids is 3. The predicted molar refractivity (Wildman–Crippen MR) is 125 cm³/mol. The molecule has 2 aliphatic rings. The summed E-state index contributed by atoms with van der Waals surface area (Å²) in [4.78, 5) is 40.5. The van der Waals surface area contributed by atoms with Gasteiger partial charge in [-0.15, -0.1) is 0 Å². The third-order valence-electron chi connectivity index (χ3n) is 7.10. The number of aromatic nitrogens is 2. The first kappa shape index (κ1) is 23.0. The molecule has 0 saturated heterocycles. The fraction of sp³-hybridized carbons (Fsp3) is 0.520. The molecular weight excluding hydrogens is 418 g/mol. The van der Waals surface area contributed by atoms with E-state index >= 15 is 0 Å². The lowest BCUT2D eigenvalue weighted by Crippen LogP contribution is -2.63. The number of hydrogen-bond donors (Lipinski definition) is 2. The van der Waals surface area contributed by atoms with E-state index < -0.39 is 5.54 Å². The van der Waals surface area contributed by atoms with Gasteiger partial charge in [-0.1, -0.05) is 56.5 Å². The van der Waals surface area contributed by atoms with Gasteiger partial charge >= 0.3 is 0 Å². The highest BCUT2D eigenvalue weighted by Gasteiger charge is 2.46. The molecule has 1 aromatic carbocycles. The molecule has 0 spiro atoms. The Hall–Kier alpha value is -3.16. The molecule has 2 unspecified atom stereocenters. The van der Waals surface area contributed by atoms with E-state index in [-0.39, 0.29) is 41.9 Å². The Labute approximate surface area is 194 Å². The summed E-state index contributed by atoms with van der Waals surface area (Å²) in [7, 11) is 1.64. The van der Waals surface area contributed by atoms with Crippen LogP contribution in [0.5, 0.6) is 0 Å². The average molecular weight is 452 g/mol. The molecular formula is C25H33N5O3. The van der Waals surface area contributed by atoms with Gasteiger partial charge in [-0.25, -0.2) is 0 Å². The second kappa shape index (κ2) is 9.37. The third-order valence-corrected chi connectivity index (χ3v) is 7.10. The highest BCUT2D eigenvalue weighted by molar-refractivity contribution is 6.01. The first-order valence-corrected chi connectivity index (χ1v) is 11.8. The molecule has 2 aromatic rings. The lowest BCUT2D eigenvalue weighted by Gasteiger charge is -2.41. The number of fused-ring (bicyclic) bond motifs is 1. The van der Waals surface area contributed by atoms with Crippen molar-refractivity contribution in [1.29, 1.82) is 0 Å². The van der Waals surface area contributed by atoms with Gasteiger partial charge in [0, 0.05) is 25.7 Å². The molecule has 1 saturated carbocycles. The molecule has 1 aliphatic heterocycles. The van der Waals surface area contributed by atoms with Crippen LogP contribution in [0.1, 0.15) is 78.4 Å². The van der Waals surface area contributed by atoms with Gasteiger partial charge in [-0.3, -0.25) is 19.1 Å². The monoisotopic (exact) mass is 451 g/mol. The normalized spacial score (nSPS) is 21.9. The van der Waals surface area contributed by atoms with E-state index in [9.17, 15) is 14.4 Å². The minimum atomic E-state index is -1.07. The highest BCUT2D eigenvalue weighted by Crippen LogP contribution is 2.27. The number of benzene rings is 1. The molecule has 0 radical (unpaired) electrons. The van der Waals surface area contributed by atoms with E-state index in [1.165, 1.54) is 22.1 Å². The molecule has 4 rings (SSSR count). The molecule has 1 aliphatic carbocycles. The predicted octanol–water partition coefficient (Wildman–Crippen LogP) is 2.71. The van der Waals surface area contributed by atoms with Crippen LogP contribution in [-0.4, -0.2) is 57.6 Å². The zero-order valence-corrected chi connectivity index (χ0v) is 19.6. The zero-order chi connectivity index (χ0) is 23.6. The molecule has 1 aromatic heterocycles. The lowest BCUT2D eigenvalue weighted by atomic mass is 9.92. The van der Waals surface area contributed by atoms with Crippen LogP contribution in [0.25, 0.3) is 0 Å². The summed E-state index contributed by atoms with van der Waals surface area (Å²) in [5.41, 5.74) is 0.576. The Morgan fingerprint density at radius 1 is 1.18 bits per heavy atom. The molecule has 33 heavy (non-hydrogen) atoms. The van der Waals surface area contributed by atoms with Crippen LogP contribution < -0.4 is 10.6 Å². The quantitative estimate of drug-likeness (QED) is 0.706. The molecule has 8 nitrogen and oxygen atoms in total. The first-order chi connectivity index (χ1) is 15.8. The van der Waals surface area contributed by atoms with E-state index in [1.807, 2.05) is 37.3 Å². The third kappa shape index (κ3) is 4.65. The Balaban J connectivity index is 1.45. The van der Waals surface area contributed by atoms with Gasteiger partial charge in [-0.2, -0.15) is 5.10 Å². The maximum atomic E-state index is 13.2. The van der Waals surface area contributed by atoms with Crippen LogP contribution in [0, 0.1) is 0 Å². The minimum absolute atomic E-state index is 0.145. The van der Waals surface area contributed by atoms with Gasteiger partial charge in [0.25, 0.3) is 11.8 Å². The average Bonchev–Trinajstić information content (AvgIpc) is 3.26. The van der Waals surface area contributed by atoms with Crippen LogP contribution in [0.3, 0.4) is 0 Å². The smallest absolute Gasteiger partial charge is 0.272 e. The van der Waals surface area contributed by atoms with E-state index in [1.54, 1.807) is 14.0 Å². The zero-order valence-electron chi connectivity index (χ0n) is 19.6. The van der Waals surface area contributed by atoms with Gasteiger partial charge in [0.1, 0.15) is 11.2 Å². The van der Waals surface area contributed by atoms with Crippen molar-refractivity contribution in [1.82, 2.24) is 25.3 Å². The Morgan fingerprint density at radius 2 is 1.88 bits per heavy atom. The summed E-state index contributed by atoms with van der Waals surface area (Å²) < 4.78 is 1.50. The second-order valence-electron chi connectivity index (χ2n) is 9.54.